The molecule has 0 radical (unpaired) electrons. The average Bonchev–Trinajstić information content (AvgIpc) is 2.73. The van der Waals surface area contributed by atoms with Crippen molar-refractivity contribution in [2.75, 3.05) is 0 Å². The molecule has 3 rings (SSSR count). The number of halogens is 2. The molecule has 0 atom stereocenters. The number of carbonyl (C=O) groups excluding carboxylic acids is 2. The van der Waals surface area contributed by atoms with E-state index in [-0.39, 0.29) is 11.3 Å². The second-order valence-corrected chi connectivity index (χ2v) is 6.63. The third-order valence-corrected chi connectivity index (χ3v) is 4.54. The Kier molecular flexibility index (Phi) is 6.51. The zero-order valence-electron chi connectivity index (χ0n) is 16.2. The molecule has 156 valence electrons. The van der Waals surface area contributed by atoms with E-state index in [1.165, 1.54) is 4.68 Å². The van der Waals surface area contributed by atoms with Crippen LogP contribution in [0.25, 0.3) is 10.8 Å². The van der Waals surface area contributed by atoms with E-state index in [1.807, 2.05) is 12.3 Å². The van der Waals surface area contributed by atoms with Gasteiger partial charge in [0.2, 0.25) is 0 Å². The van der Waals surface area contributed by atoms with Gasteiger partial charge in [-0.25, -0.2) is 13.5 Å². The molecule has 0 bridgehead atoms. The maximum absolute atomic E-state index is 13.7. The minimum atomic E-state index is -1.15. The van der Waals surface area contributed by atoms with Gasteiger partial charge in [0, 0.05) is 11.9 Å². The molecule has 9 heteroatoms. The van der Waals surface area contributed by atoms with Gasteiger partial charge in [0.1, 0.15) is 17.2 Å². The van der Waals surface area contributed by atoms with Crippen molar-refractivity contribution in [3.05, 3.63) is 75.7 Å². The molecule has 2 aromatic carbocycles. The minimum absolute atomic E-state index is 0.0870. The summed E-state index contributed by atoms with van der Waals surface area (Å²) in [4.78, 5) is 37.4. The Morgan fingerprint density at radius 3 is 2.23 bits per heavy atom. The lowest BCUT2D eigenvalue weighted by Gasteiger charge is -2.12. The lowest BCUT2D eigenvalue weighted by Crippen LogP contribution is -2.43. The van der Waals surface area contributed by atoms with E-state index < -0.39 is 29.0 Å². The number of hydrogen-bond donors (Lipinski definition) is 2. The molecular weight excluding hydrogens is 394 g/mol. The van der Waals surface area contributed by atoms with Crippen LogP contribution in [0.5, 0.6) is 0 Å². The van der Waals surface area contributed by atoms with Crippen LogP contribution >= 0.6 is 0 Å². The quantitative estimate of drug-likeness (QED) is 0.479. The van der Waals surface area contributed by atoms with Crippen LogP contribution in [-0.4, -0.2) is 21.6 Å². The highest BCUT2D eigenvalue weighted by Crippen LogP contribution is 2.14. The third kappa shape index (κ3) is 4.35. The molecule has 1 aromatic heterocycles. The summed E-state index contributed by atoms with van der Waals surface area (Å²) in [6, 6.07) is 9.45. The predicted octanol–water partition coefficient (Wildman–Crippen LogP) is 2.94. The maximum atomic E-state index is 13.7. The van der Waals surface area contributed by atoms with E-state index in [9.17, 15) is 23.2 Å². The van der Waals surface area contributed by atoms with Crippen LogP contribution in [0.15, 0.2) is 47.3 Å². The summed E-state index contributed by atoms with van der Waals surface area (Å²) < 4.78 is 28.7. The van der Waals surface area contributed by atoms with Crippen molar-refractivity contribution in [3.8, 4) is 0 Å². The molecular formula is C21H20F2N4O3. The van der Waals surface area contributed by atoms with Crippen molar-refractivity contribution < 1.29 is 18.4 Å². The van der Waals surface area contributed by atoms with Gasteiger partial charge in [-0.1, -0.05) is 44.0 Å². The summed E-state index contributed by atoms with van der Waals surface area (Å²) in [7, 11) is 0. The van der Waals surface area contributed by atoms with Gasteiger partial charge in [0.25, 0.3) is 17.4 Å². The van der Waals surface area contributed by atoms with Crippen LogP contribution in [0, 0.1) is 11.6 Å². The second-order valence-electron chi connectivity index (χ2n) is 6.63. The fourth-order valence-corrected chi connectivity index (χ4v) is 3.02. The Morgan fingerprint density at radius 2 is 1.57 bits per heavy atom. The molecule has 1 heterocycles. The molecule has 0 aliphatic carbocycles. The number of aromatic nitrogens is 2. The van der Waals surface area contributed by atoms with Crippen LogP contribution in [-0.2, 0) is 6.54 Å². The number of aryl methyl sites for hydroxylation is 1. The number of amides is 2. The first kappa shape index (κ1) is 21.1. The lowest BCUT2D eigenvalue weighted by molar-refractivity contribution is 0.0838. The van der Waals surface area contributed by atoms with E-state index in [4.69, 9.17) is 0 Å². The molecule has 0 fully saturated rings. The van der Waals surface area contributed by atoms with Gasteiger partial charge in [0.15, 0.2) is 5.69 Å². The fourth-order valence-electron chi connectivity index (χ4n) is 3.02. The Hall–Kier alpha value is -3.62. The number of nitrogens with zero attached hydrogens (tertiary/aromatic N) is 2. The van der Waals surface area contributed by atoms with E-state index in [0.29, 0.717) is 23.7 Å². The molecule has 0 unspecified atom stereocenters. The van der Waals surface area contributed by atoms with Gasteiger partial charge < -0.3 is 0 Å². The Morgan fingerprint density at radius 1 is 0.933 bits per heavy atom. The van der Waals surface area contributed by atoms with Crippen molar-refractivity contribution in [3.63, 3.8) is 0 Å². The highest BCUT2D eigenvalue weighted by Gasteiger charge is 2.20. The highest BCUT2D eigenvalue weighted by atomic mass is 19.1. The summed E-state index contributed by atoms with van der Waals surface area (Å²) in [5, 5.41) is 4.76. The summed E-state index contributed by atoms with van der Waals surface area (Å²) >= 11 is 0. The van der Waals surface area contributed by atoms with Crippen LogP contribution in [0.4, 0.5) is 8.78 Å². The number of rotatable bonds is 6. The zero-order chi connectivity index (χ0) is 21.7. The van der Waals surface area contributed by atoms with Crippen molar-refractivity contribution in [1.82, 2.24) is 20.6 Å². The molecule has 0 saturated carbocycles. The lowest BCUT2D eigenvalue weighted by atomic mass is 10.1. The molecule has 0 spiro atoms. The normalized spacial score (nSPS) is 10.8. The SMILES string of the molecule is CCCCCn1nc(C(=O)NNC(=O)c2c(F)cccc2F)c2ccccc2c1=O. The summed E-state index contributed by atoms with van der Waals surface area (Å²) in [5.41, 5.74) is 2.86. The first-order chi connectivity index (χ1) is 14.4. The fraction of sp³-hybridized carbons (Fsp3) is 0.238. The number of unbranched alkanes of at least 4 members (excludes halogenated alkanes) is 2. The molecule has 30 heavy (non-hydrogen) atoms. The predicted molar refractivity (Wildman–Crippen MR) is 107 cm³/mol. The van der Waals surface area contributed by atoms with Crippen molar-refractivity contribution in [2.45, 2.75) is 32.7 Å². The van der Waals surface area contributed by atoms with Gasteiger partial charge in [-0.2, -0.15) is 5.10 Å². The van der Waals surface area contributed by atoms with E-state index in [0.717, 1.165) is 31.0 Å². The molecule has 0 aliphatic rings. The van der Waals surface area contributed by atoms with Crippen molar-refractivity contribution in [1.29, 1.82) is 0 Å². The number of nitrogens with one attached hydrogen (secondary N) is 2. The monoisotopic (exact) mass is 414 g/mol. The van der Waals surface area contributed by atoms with Crippen molar-refractivity contribution in [2.24, 2.45) is 0 Å². The zero-order valence-corrected chi connectivity index (χ0v) is 16.2. The maximum Gasteiger partial charge on any atom is 0.290 e. The minimum Gasteiger partial charge on any atom is -0.267 e. The molecule has 0 aliphatic heterocycles. The van der Waals surface area contributed by atoms with Crippen LogP contribution in [0.1, 0.15) is 47.0 Å². The van der Waals surface area contributed by atoms with Crippen LogP contribution in [0.2, 0.25) is 0 Å². The third-order valence-electron chi connectivity index (χ3n) is 4.54. The first-order valence-electron chi connectivity index (χ1n) is 9.48. The summed E-state index contributed by atoms with van der Waals surface area (Å²) in [6.45, 7) is 2.36. The topological polar surface area (TPSA) is 93.1 Å². The number of fused-ring (bicyclic) bond motifs is 1. The molecule has 2 amide bonds. The number of carbonyl (C=O) groups is 2. The second kappa shape index (κ2) is 9.25. The van der Waals surface area contributed by atoms with Gasteiger partial charge in [-0.05, 0) is 24.6 Å². The van der Waals surface area contributed by atoms with Crippen LogP contribution in [0.3, 0.4) is 0 Å². The van der Waals surface area contributed by atoms with E-state index in [1.54, 1.807) is 24.3 Å². The van der Waals surface area contributed by atoms with E-state index >= 15 is 0 Å². The largest absolute Gasteiger partial charge is 0.290 e. The summed E-state index contributed by atoms with van der Waals surface area (Å²) in [5.74, 6) is -4.09. The average molecular weight is 414 g/mol. The molecule has 7 nitrogen and oxygen atoms in total. The Labute approximate surface area is 170 Å². The molecule has 0 saturated heterocycles. The van der Waals surface area contributed by atoms with Crippen molar-refractivity contribution >= 4 is 22.6 Å². The number of hydrazine groups is 1. The Balaban J connectivity index is 1.88. The standard InChI is InChI=1S/C21H20F2N4O3/c1-2-3-6-12-27-21(30)14-9-5-4-8-13(14)18(26-27)20(29)25-24-19(28)17-15(22)10-7-11-16(17)23/h4-5,7-11H,2-3,6,12H2,1H3,(H,24,28)(H,25,29). The van der Waals surface area contributed by atoms with Gasteiger partial charge >= 0.3 is 0 Å². The number of hydrogen-bond acceptors (Lipinski definition) is 4. The van der Waals surface area contributed by atoms with Crippen LogP contribution < -0.4 is 16.4 Å². The summed E-state index contributed by atoms with van der Waals surface area (Å²) in [6.07, 6.45) is 2.56. The highest BCUT2D eigenvalue weighted by molar-refractivity contribution is 6.06. The number of benzene rings is 2. The molecule has 3 aromatic rings. The Bertz CT molecular complexity index is 1140. The van der Waals surface area contributed by atoms with Gasteiger partial charge in [-0.3, -0.25) is 25.2 Å². The first-order valence-corrected chi connectivity index (χ1v) is 9.48. The van der Waals surface area contributed by atoms with Gasteiger partial charge in [0.05, 0.1) is 5.39 Å². The van der Waals surface area contributed by atoms with E-state index in [2.05, 4.69) is 10.5 Å². The smallest absolute Gasteiger partial charge is 0.267 e. The molecule has 2 N–H and O–H groups in total. The van der Waals surface area contributed by atoms with Gasteiger partial charge in [-0.15, -0.1) is 0 Å².